The maximum atomic E-state index is 5.43. The van der Waals surface area contributed by atoms with Crippen LogP contribution >= 0.6 is 0 Å². The van der Waals surface area contributed by atoms with Gasteiger partial charge in [-0.3, -0.25) is 0 Å². The van der Waals surface area contributed by atoms with E-state index in [0.29, 0.717) is 0 Å². The molecular weight excluding hydrogens is 262 g/mol. The molecule has 1 atom stereocenters. The van der Waals surface area contributed by atoms with E-state index in [1.807, 2.05) is 18.2 Å². The highest BCUT2D eigenvalue weighted by molar-refractivity contribution is 5.40. The number of nitrogens with one attached hydrogen (secondary N) is 1. The minimum absolute atomic E-state index is 0.290. The van der Waals surface area contributed by atoms with Crippen molar-refractivity contribution in [1.82, 2.24) is 5.32 Å². The van der Waals surface area contributed by atoms with E-state index in [1.54, 1.807) is 14.2 Å². The Morgan fingerprint density at radius 2 is 1.81 bits per heavy atom. The van der Waals surface area contributed by atoms with Crippen molar-refractivity contribution in [3.05, 3.63) is 59.2 Å². The van der Waals surface area contributed by atoms with Crippen LogP contribution in [0.3, 0.4) is 0 Å². The van der Waals surface area contributed by atoms with Crippen LogP contribution < -0.4 is 14.8 Å². The predicted molar refractivity (Wildman–Crippen MR) is 86.0 cm³/mol. The van der Waals surface area contributed by atoms with Crippen LogP contribution in [0.1, 0.15) is 29.7 Å². The number of hydrogen-bond acceptors (Lipinski definition) is 3. The Morgan fingerprint density at radius 3 is 2.48 bits per heavy atom. The van der Waals surface area contributed by atoms with Gasteiger partial charge in [-0.05, 0) is 31.0 Å². The van der Waals surface area contributed by atoms with E-state index in [-0.39, 0.29) is 6.04 Å². The van der Waals surface area contributed by atoms with Crippen molar-refractivity contribution in [2.75, 3.05) is 14.2 Å². The largest absolute Gasteiger partial charge is 0.497 e. The van der Waals surface area contributed by atoms with Crippen LogP contribution in [0.4, 0.5) is 0 Å². The van der Waals surface area contributed by atoms with Crippen molar-refractivity contribution in [2.24, 2.45) is 0 Å². The standard InChI is InChI=1S/C18H23NO2/c1-13-7-5-6-8-17(13)14(2)19-12-15-9-10-16(20-3)11-18(15)21-4/h5-11,14,19H,12H2,1-4H3/t14-/m0/s1. The molecule has 2 aromatic carbocycles. The van der Waals surface area contributed by atoms with Crippen molar-refractivity contribution >= 4 is 0 Å². The predicted octanol–water partition coefficient (Wildman–Crippen LogP) is 3.86. The molecule has 0 bridgehead atoms. The van der Waals surface area contributed by atoms with Crippen molar-refractivity contribution in [1.29, 1.82) is 0 Å². The van der Waals surface area contributed by atoms with Gasteiger partial charge < -0.3 is 14.8 Å². The smallest absolute Gasteiger partial charge is 0.127 e. The average molecular weight is 285 g/mol. The quantitative estimate of drug-likeness (QED) is 0.874. The summed E-state index contributed by atoms with van der Waals surface area (Å²) in [5.74, 6) is 1.65. The van der Waals surface area contributed by atoms with Gasteiger partial charge >= 0.3 is 0 Å². The van der Waals surface area contributed by atoms with Gasteiger partial charge in [0, 0.05) is 24.2 Å². The average Bonchev–Trinajstić information content (AvgIpc) is 2.52. The van der Waals surface area contributed by atoms with Crippen LogP contribution in [0.15, 0.2) is 42.5 Å². The molecule has 0 heterocycles. The molecule has 2 aromatic rings. The first-order valence-corrected chi connectivity index (χ1v) is 7.15. The molecule has 21 heavy (non-hydrogen) atoms. The van der Waals surface area contributed by atoms with Gasteiger partial charge in [-0.15, -0.1) is 0 Å². The molecule has 0 fully saturated rings. The highest BCUT2D eigenvalue weighted by atomic mass is 16.5. The Kier molecular flexibility index (Phi) is 5.23. The fourth-order valence-electron chi connectivity index (χ4n) is 2.44. The molecule has 112 valence electrons. The SMILES string of the molecule is COc1ccc(CN[C@@H](C)c2ccccc2C)c(OC)c1. The fourth-order valence-corrected chi connectivity index (χ4v) is 2.44. The van der Waals surface area contributed by atoms with Crippen molar-refractivity contribution in [2.45, 2.75) is 26.4 Å². The van der Waals surface area contributed by atoms with Gasteiger partial charge in [-0.25, -0.2) is 0 Å². The molecule has 3 nitrogen and oxygen atoms in total. The van der Waals surface area contributed by atoms with Crippen LogP contribution in [-0.4, -0.2) is 14.2 Å². The Balaban J connectivity index is 2.08. The van der Waals surface area contributed by atoms with E-state index in [0.717, 1.165) is 23.6 Å². The molecule has 1 N–H and O–H groups in total. The first kappa shape index (κ1) is 15.4. The third kappa shape index (κ3) is 3.76. The lowest BCUT2D eigenvalue weighted by atomic mass is 10.0. The van der Waals surface area contributed by atoms with E-state index in [2.05, 4.69) is 43.4 Å². The number of methoxy groups -OCH3 is 2. The van der Waals surface area contributed by atoms with Gasteiger partial charge in [0.1, 0.15) is 11.5 Å². The summed E-state index contributed by atoms with van der Waals surface area (Å²) in [5, 5.41) is 3.55. The first-order chi connectivity index (χ1) is 10.2. The maximum absolute atomic E-state index is 5.43. The molecule has 0 saturated carbocycles. The molecule has 2 rings (SSSR count). The van der Waals surface area contributed by atoms with Crippen molar-refractivity contribution in [3.8, 4) is 11.5 Å². The molecule has 0 aliphatic heterocycles. The lowest BCUT2D eigenvalue weighted by molar-refractivity contribution is 0.389. The van der Waals surface area contributed by atoms with E-state index in [1.165, 1.54) is 11.1 Å². The van der Waals surface area contributed by atoms with Gasteiger partial charge in [-0.2, -0.15) is 0 Å². The lowest BCUT2D eigenvalue weighted by Gasteiger charge is -2.18. The highest BCUT2D eigenvalue weighted by Gasteiger charge is 2.10. The lowest BCUT2D eigenvalue weighted by Crippen LogP contribution is -2.19. The third-order valence-electron chi connectivity index (χ3n) is 3.75. The molecule has 0 aliphatic rings. The van der Waals surface area contributed by atoms with Crippen molar-refractivity contribution in [3.63, 3.8) is 0 Å². The van der Waals surface area contributed by atoms with E-state index < -0.39 is 0 Å². The fraction of sp³-hybridized carbons (Fsp3) is 0.333. The molecule has 3 heteroatoms. The molecule has 0 radical (unpaired) electrons. The summed E-state index contributed by atoms with van der Waals surface area (Å²) < 4.78 is 10.7. The summed E-state index contributed by atoms with van der Waals surface area (Å²) in [4.78, 5) is 0. The Hall–Kier alpha value is -2.00. The van der Waals surface area contributed by atoms with E-state index >= 15 is 0 Å². The summed E-state index contributed by atoms with van der Waals surface area (Å²) >= 11 is 0. The number of hydrogen-bond donors (Lipinski definition) is 1. The maximum Gasteiger partial charge on any atom is 0.127 e. The monoisotopic (exact) mass is 285 g/mol. The Morgan fingerprint density at radius 1 is 1.05 bits per heavy atom. The molecule has 0 aromatic heterocycles. The van der Waals surface area contributed by atoms with Crippen LogP contribution in [0.25, 0.3) is 0 Å². The Bertz CT molecular complexity index is 596. The number of benzene rings is 2. The van der Waals surface area contributed by atoms with Crippen LogP contribution in [0.5, 0.6) is 11.5 Å². The number of ether oxygens (including phenoxy) is 2. The zero-order valence-corrected chi connectivity index (χ0v) is 13.1. The van der Waals surface area contributed by atoms with Crippen LogP contribution in [0, 0.1) is 6.92 Å². The number of rotatable bonds is 6. The van der Waals surface area contributed by atoms with Gasteiger partial charge in [0.15, 0.2) is 0 Å². The van der Waals surface area contributed by atoms with Gasteiger partial charge in [0.05, 0.1) is 14.2 Å². The second-order valence-corrected chi connectivity index (χ2v) is 5.14. The summed E-state index contributed by atoms with van der Waals surface area (Å²) in [6, 6.07) is 14.6. The molecule has 0 amide bonds. The second kappa shape index (κ2) is 7.14. The van der Waals surface area contributed by atoms with Crippen LogP contribution in [0.2, 0.25) is 0 Å². The van der Waals surface area contributed by atoms with Gasteiger partial charge in [0.2, 0.25) is 0 Å². The Labute approximate surface area is 126 Å². The summed E-state index contributed by atoms with van der Waals surface area (Å²) in [5.41, 5.74) is 3.75. The molecule has 0 aliphatic carbocycles. The molecule has 0 unspecified atom stereocenters. The van der Waals surface area contributed by atoms with E-state index in [4.69, 9.17) is 9.47 Å². The summed E-state index contributed by atoms with van der Waals surface area (Å²) in [6.07, 6.45) is 0. The number of aryl methyl sites for hydroxylation is 1. The topological polar surface area (TPSA) is 30.5 Å². The van der Waals surface area contributed by atoms with E-state index in [9.17, 15) is 0 Å². The normalized spacial score (nSPS) is 12.0. The zero-order chi connectivity index (χ0) is 15.2. The molecular formula is C18H23NO2. The minimum Gasteiger partial charge on any atom is -0.497 e. The zero-order valence-electron chi connectivity index (χ0n) is 13.1. The molecule has 0 saturated heterocycles. The molecule has 0 spiro atoms. The van der Waals surface area contributed by atoms with Gasteiger partial charge in [-0.1, -0.05) is 30.3 Å². The summed E-state index contributed by atoms with van der Waals surface area (Å²) in [7, 11) is 3.34. The van der Waals surface area contributed by atoms with Crippen LogP contribution in [-0.2, 0) is 6.54 Å². The first-order valence-electron chi connectivity index (χ1n) is 7.15. The minimum atomic E-state index is 0.290. The third-order valence-corrected chi connectivity index (χ3v) is 3.75. The highest BCUT2D eigenvalue weighted by Crippen LogP contribution is 2.25. The second-order valence-electron chi connectivity index (χ2n) is 5.14. The summed E-state index contributed by atoms with van der Waals surface area (Å²) in [6.45, 7) is 5.07. The van der Waals surface area contributed by atoms with Crippen molar-refractivity contribution < 1.29 is 9.47 Å². The van der Waals surface area contributed by atoms with Gasteiger partial charge in [0.25, 0.3) is 0 Å².